The Labute approximate surface area is 118 Å². The number of aryl methyl sites for hydroxylation is 1. The van der Waals surface area contributed by atoms with E-state index in [1.807, 2.05) is 4.68 Å². The average Bonchev–Trinajstić information content (AvgIpc) is 3.12. The average molecular weight is 270 g/mol. The number of nitrogens with one attached hydrogen (secondary N) is 1. The third kappa shape index (κ3) is 2.18. The van der Waals surface area contributed by atoms with Crippen LogP contribution in [-0.2, 0) is 25.9 Å². The summed E-state index contributed by atoms with van der Waals surface area (Å²) in [6.45, 7) is 2.65. The van der Waals surface area contributed by atoms with Gasteiger partial charge in [-0.2, -0.15) is 5.10 Å². The second kappa shape index (κ2) is 4.90. The molecule has 1 atom stereocenters. The van der Waals surface area contributed by atoms with E-state index < -0.39 is 0 Å². The first-order chi connectivity index (χ1) is 9.88. The quantitative estimate of drug-likeness (QED) is 0.914. The Bertz CT molecular complexity index is 622. The van der Waals surface area contributed by atoms with Crippen molar-refractivity contribution in [1.29, 1.82) is 0 Å². The van der Waals surface area contributed by atoms with Crippen LogP contribution in [0.4, 0.5) is 0 Å². The first kappa shape index (κ1) is 11.9. The molecule has 1 aromatic carbocycles. The van der Waals surface area contributed by atoms with Crippen LogP contribution in [0.3, 0.4) is 0 Å². The Morgan fingerprint density at radius 1 is 1.35 bits per heavy atom. The third-order valence-corrected chi connectivity index (χ3v) is 4.15. The van der Waals surface area contributed by atoms with Gasteiger partial charge in [0.15, 0.2) is 0 Å². The molecule has 1 aromatic heterocycles. The Morgan fingerprint density at radius 3 is 3.35 bits per heavy atom. The summed E-state index contributed by atoms with van der Waals surface area (Å²) in [4.78, 5) is 4.26. The third-order valence-electron chi connectivity index (χ3n) is 4.15. The van der Waals surface area contributed by atoms with Crippen LogP contribution < -0.4 is 10.1 Å². The molecule has 20 heavy (non-hydrogen) atoms. The van der Waals surface area contributed by atoms with Crippen molar-refractivity contribution in [2.75, 3.05) is 6.61 Å². The van der Waals surface area contributed by atoms with Crippen molar-refractivity contribution in [3.8, 4) is 5.75 Å². The summed E-state index contributed by atoms with van der Waals surface area (Å²) in [5.41, 5.74) is 2.67. The molecule has 2 aliphatic rings. The molecule has 1 N–H and O–H groups in total. The van der Waals surface area contributed by atoms with Crippen molar-refractivity contribution in [3.05, 3.63) is 41.5 Å². The Kier molecular flexibility index (Phi) is 2.92. The van der Waals surface area contributed by atoms with Crippen LogP contribution in [0.1, 0.15) is 23.4 Å². The largest absolute Gasteiger partial charge is 0.493 e. The van der Waals surface area contributed by atoms with Crippen molar-refractivity contribution < 1.29 is 4.74 Å². The molecule has 0 unspecified atom stereocenters. The summed E-state index contributed by atoms with van der Waals surface area (Å²) >= 11 is 0. The molecule has 0 saturated carbocycles. The normalized spacial score (nSPS) is 20.3. The molecule has 104 valence electrons. The van der Waals surface area contributed by atoms with Crippen LogP contribution >= 0.6 is 0 Å². The van der Waals surface area contributed by atoms with Crippen LogP contribution in [0, 0.1) is 0 Å². The predicted molar refractivity (Wildman–Crippen MR) is 74.6 cm³/mol. The van der Waals surface area contributed by atoms with E-state index in [2.05, 4.69) is 33.6 Å². The van der Waals surface area contributed by atoms with Crippen molar-refractivity contribution in [2.45, 2.75) is 38.4 Å². The molecular formula is C15H18N4O. The lowest BCUT2D eigenvalue weighted by molar-refractivity contribution is 0.356. The van der Waals surface area contributed by atoms with Gasteiger partial charge in [0.2, 0.25) is 0 Å². The van der Waals surface area contributed by atoms with E-state index in [0.29, 0.717) is 6.04 Å². The molecule has 0 amide bonds. The number of nitrogens with zero attached hydrogens (tertiary/aromatic N) is 3. The number of fused-ring (bicyclic) bond motifs is 2. The highest BCUT2D eigenvalue weighted by molar-refractivity contribution is 5.39. The van der Waals surface area contributed by atoms with E-state index in [1.165, 1.54) is 11.1 Å². The number of ether oxygens (including phenoxy) is 1. The second-order valence-electron chi connectivity index (χ2n) is 5.52. The highest BCUT2D eigenvalue weighted by Crippen LogP contribution is 2.25. The van der Waals surface area contributed by atoms with Gasteiger partial charge in [-0.05, 0) is 23.6 Å². The van der Waals surface area contributed by atoms with E-state index in [0.717, 1.165) is 50.5 Å². The first-order valence-electron chi connectivity index (χ1n) is 7.23. The summed E-state index contributed by atoms with van der Waals surface area (Å²) in [6, 6.07) is 6.99. The zero-order valence-corrected chi connectivity index (χ0v) is 11.4. The second-order valence-corrected chi connectivity index (χ2v) is 5.52. The molecule has 2 aliphatic heterocycles. The predicted octanol–water partition coefficient (Wildman–Crippen LogP) is 1.32. The molecule has 0 fully saturated rings. The highest BCUT2D eigenvalue weighted by atomic mass is 16.5. The fourth-order valence-electron chi connectivity index (χ4n) is 3.02. The van der Waals surface area contributed by atoms with Gasteiger partial charge in [0.05, 0.1) is 13.2 Å². The summed E-state index contributed by atoms with van der Waals surface area (Å²) in [7, 11) is 0. The smallest absolute Gasteiger partial charge is 0.138 e. The summed E-state index contributed by atoms with van der Waals surface area (Å²) in [6.07, 6.45) is 4.83. The SMILES string of the molecule is c1nc2n(n1)C[C@@H](NCc1ccc3c(c1)CCO3)CC2. The first-order valence-corrected chi connectivity index (χ1v) is 7.23. The van der Waals surface area contributed by atoms with Crippen LogP contribution in [0.25, 0.3) is 0 Å². The maximum atomic E-state index is 5.54. The van der Waals surface area contributed by atoms with E-state index >= 15 is 0 Å². The number of benzene rings is 1. The summed E-state index contributed by atoms with van der Waals surface area (Å²) in [5, 5.41) is 7.89. The van der Waals surface area contributed by atoms with Crippen molar-refractivity contribution >= 4 is 0 Å². The molecule has 3 heterocycles. The molecule has 4 rings (SSSR count). The topological polar surface area (TPSA) is 52.0 Å². The molecule has 0 bridgehead atoms. The maximum Gasteiger partial charge on any atom is 0.138 e. The van der Waals surface area contributed by atoms with Gasteiger partial charge in [-0.15, -0.1) is 0 Å². The van der Waals surface area contributed by atoms with Crippen LogP contribution in [0.5, 0.6) is 5.75 Å². The Hall–Kier alpha value is -1.88. The Balaban J connectivity index is 1.39. The van der Waals surface area contributed by atoms with Gasteiger partial charge >= 0.3 is 0 Å². The molecule has 2 aromatic rings. The van der Waals surface area contributed by atoms with Crippen molar-refractivity contribution in [1.82, 2.24) is 20.1 Å². The fraction of sp³-hybridized carbons (Fsp3) is 0.467. The lowest BCUT2D eigenvalue weighted by atomic mass is 10.1. The van der Waals surface area contributed by atoms with Gasteiger partial charge in [0.1, 0.15) is 17.9 Å². The van der Waals surface area contributed by atoms with Crippen LogP contribution in [0.15, 0.2) is 24.5 Å². The summed E-state index contributed by atoms with van der Waals surface area (Å²) in [5.74, 6) is 2.16. The summed E-state index contributed by atoms with van der Waals surface area (Å²) < 4.78 is 7.55. The zero-order valence-electron chi connectivity index (χ0n) is 11.4. The van der Waals surface area contributed by atoms with Gasteiger partial charge in [0.25, 0.3) is 0 Å². The zero-order chi connectivity index (χ0) is 13.4. The minimum Gasteiger partial charge on any atom is -0.493 e. The number of aromatic nitrogens is 3. The maximum absolute atomic E-state index is 5.54. The van der Waals surface area contributed by atoms with Crippen molar-refractivity contribution in [2.24, 2.45) is 0 Å². The molecule has 5 heteroatoms. The van der Waals surface area contributed by atoms with Gasteiger partial charge in [0, 0.05) is 25.4 Å². The van der Waals surface area contributed by atoms with Crippen LogP contribution in [0.2, 0.25) is 0 Å². The molecule has 0 aliphatic carbocycles. The lowest BCUT2D eigenvalue weighted by Crippen LogP contribution is -2.37. The molecule has 0 saturated heterocycles. The van der Waals surface area contributed by atoms with E-state index in [4.69, 9.17) is 4.74 Å². The van der Waals surface area contributed by atoms with Gasteiger partial charge in [-0.3, -0.25) is 0 Å². The highest BCUT2D eigenvalue weighted by Gasteiger charge is 2.19. The Morgan fingerprint density at radius 2 is 2.35 bits per heavy atom. The molecule has 0 radical (unpaired) electrons. The van der Waals surface area contributed by atoms with Crippen molar-refractivity contribution in [3.63, 3.8) is 0 Å². The van der Waals surface area contributed by atoms with E-state index in [9.17, 15) is 0 Å². The van der Waals surface area contributed by atoms with Gasteiger partial charge in [-0.25, -0.2) is 9.67 Å². The number of hydrogen-bond acceptors (Lipinski definition) is 4. The van der Waals surface area contributed by atoms with Gasteiger partial charge in [-0.1, -0.05) is 12.1 Å². The number of rotatable bonds is 3. The molecular weight excluding hydrogens is 252 g/mol. The standard InChI is InChI=1S/C15H18N4O/c1-3-14-12(5-6-20-14)7-11(1)8-16-13-2-4-15-17-10-18-19(15)9-13/h1,3,7,10,13,16H,2,4-6,8-9H2/t13-/m0/s1. The lowest BCUT2D eigenvalue weighted by Gasteiger charge is -2.23. The molecule has 0 spiro atoms. The minimum atomic E-state index is 0.480. The molecule has 5 nitrogen and oxygen atoms in total. The van der Waals surface area contributed by atoms with E-state index in [-0.39, 0.29) is 0 Å². The monoisotopic (exact) mass is 270 g/mol. The van der Waals surface area contributed by atoms with Gasteiger partial charge < -0.3 is 10.1 Å². The van der Waals surface area contributed by atoms with E-state index in [1.54, 1.807) is 6.33 Å². The fourth-order valence-corrected chi connectivity index (χ4v) is 3.02. The number of hydrogen-bond donors (Lipinski definition) is 1. The van der Waals surface area contributed by atoms with Crippen LogP contribution in [-0.4, -0.2) is 27.4 Å². The minimum absolute atomic E-state index is 0.480.